The van der Waals surface area contributed by atoms with Crippen LogP contribution >= 0.6 is 11.6 Å². The second-order valence-electron chi connectivity index (χ2n) is 10.5. The first kappa shape index (κ1) is 33.2. The molecular weight excluding hydrogens is 645 g/mol. The molecule has 47 heavy (non-hydrogen) atoms. The van der Waals surface area contributed by atoms with E-state index in [4.69, 9.17) is 20.8 Å². The lowest BCUT2D eigenvalue weighted by molar-refractivity contribution is -0.142. The summed E-state index contributed by atoms with van der Waals surface area (Å²) in [7, 11) is -3.96. The Morgan fingerprint density at radius 1 is 0.851 bits per heavy atom. The van der Waals surface area contributed by atoms with Crippen LogP contribution in [0.4, 0.5) is 10.1 Å². The maximum absolute atomic E-state index is 13.9. The molecule has 0 saturated heterocycles. The van der Waals surface area contributed by atoms with E-state index in [9.17, 15) is 22.4 Å². The first-order chi connectivity index (χ1) is 22.7. The summed E-state index contributed by atoms with van der Waals surface area (Å²) in [6, 6.07) is 29.3. The third-order valence-electron chi connectivity index (χ3n) is 7.15. The Balaban J connectivity index is 1.34. The summed E-state index contributed by atoms with van der Waals surface area (Å²) in [5, 5.41) is 3.41. The highest BCUT2D eigenvalue weighted by Gasteiger charge is 2.31. The van der Waals surface area contributed by atoms with Gasteiger partial charge in [0, 0.05) is 23.7 Å². The van der Waals surface area contributed by atoms with Crippen LogP contribution in [0.3, 0.4) is 0 Å². The van der Waals surface area contributed by atoms with Crippen LogP contribution in [0.1, 0.15) is 16.9 Å². The molecule has 0 spiro atoms. The summed E-state index contributed by atoms with van der Waals surface area (Å²) in [6.45, 7) is -0.191. The predicted octanol–water partition coefficient (Wildman–Crippen LogP) is 6.21. The zero-order valence-electron chi connectivity index (χ0n) is 25.0. The molecule has 0 aliphatic carbocycles. The van der Waals surface area contributed by atoms with Crippen molar-refractivity contribution in [3.05, 3.63) is 149 Å². The van der Waals surface area contributed by atoms with Gasteiger partial charge in [-0.25, -0.2) is 12.8 Å². The minimum atomic E-state index is -3.96. The summed E-state index contributed by atoms with van der Waals surface area (Å²) in [5.41, 5.74) is 1.81. The first-order valence-corrected chi connectivity index (χ1v) is 16.4. The second kappa shape index (κ2) is 15.4. The van der Waals surface area contributed by atoms with Gasteiger partial charge in [-0.2, -0.15) is 0 Å². The molecule has 1 heterocycles. The van der Waals surface area contributed by atoms with Crippen LogP contribution in [-0.4, -0.2) is 37.8 Å². The summed E-state index contributed by atoms with van der Waals surface area (Å²) in [6.07, 6.45) is 1.75. The fourth-order valence-corrected chi connectivity index (χ4v) is 5.91. The number of hydrogen-bond donors (Lipinski definition) is 2. The molecule has 0 unspecified atom stereocenters. The molecule has 0 bridgehead atoms. The van der Waals surface area contributed by atoms with Crippen molar-refractivity contribution in [1.29, 1.82) is 0 Å². The minimum absolute atomic E-state index is 0.0546. The highest BCUT2D eigenvalue weighted by Crippen LogP contribution is 2.21. The van der Waals surface area contributed by atoms with Gasteiger partial charge in [0.2, 0.25) is 5.91 Å². The largest absolute Gasteiger partial charge is 0.484 e. The lowest BCUT2D eigenvalue weighted by Gasteiger charge is -2.31. The molecule has 0 saturated carbocycles. The molecule has 0 aliphatic rings. The topological polar surface area (TPSA) is 118 Å². The van der Waals surface area contributed by atoms with Gasteiger partial charge in [-0.15, -0.1) is 0 Å². The maximum atomic E-state index is 13.9. The van der Waals surface area contributed by atoms with Gasteiger partial charge in [-0.1, -0.05) is 54.1 Å². The van der Waals surface area contributed by atoms with Gasteiger partial charge < -0.3 is 19.4 Å². The summed E-state index contributed by atoms with van der Waals surface area (Å²) in [4.78, 5) is 29.0. The lowest BCUT2D eigenvalue weighted by atomic mass is 10.0. The number of halogens is 2. The van der Waals surface area contributed by atoms with E-state index in [1.165, 1.54) is 47.6 Å². The number of rotatable bonds is 14. The number of ether oxygens (including phenoxy) is 1. The van der Waals surface area contributed by atoms with Gasteiger partial charge in [-0.05, 0) is 83.9 Å². The van der Waals surface area contributed by atoms with Gasteiger partial charge >= 0.3 is 0 Å². The number of anilines is 1. The van der Waals surface area contributed by atoms with Crippen molar-refractivity contribution < 1.29 is 31.6 Å². The van der Waals surface area contributed by atoms with Crippen LogP contribution in [0.15, 0.2) is 131 Å². The van der Waals surface area contributed by atoms with E-state index in [2.05, 4.69) is 10.0 Å². The van der Waals surface area contributed by atoms with Gasteiger partial charge in [0.15, 0.2) is 6.61 Å². The van der Waals surface area contributed by atoms with Crippen LogP contribution in [0, 0.1) is 5.82 Å². The van der Waals surface area contributed by atoms with Gasteiger partial charge in [-0.3, -0.25) is 14.3 Å². The number of nitrogens with zero attached hydrogens (tertiary/aromatic N) is 1. The first-order valence-electron chi connectivity index (χ1n) is 14.6. The molecule has 242 valence electrons. The lowest BCUT2D eigenvalue weighted by Crippen LogP contribution is -2.51. The Morgan fingerprint density at radius 2 is 1.55 bits per heavy atom. The van der Waals surface area contributed by atoms with E-state index >= 15 is 0 Å². The van der Waals surface area contributed by atoms with E-state index in [-0.39, 0.29) is 41.7 Å². The van der Waals surface area contributed by atoms with Gasteiger partial charge in [0.1, 0.15) is 23.4 Å². The Morgan fingerprint density at radius 3 is 2.21 bits per heavy atom. The zero-order valence-corrected chi connectivity index (χ0v) is 26.6. The molecule has 1 aromatic heterocycles. The normalized spacial score (nSPS) is 11.8. The van der Waals surface area contributed by atoms with Crippen molar-refractivity contribution in [2.45, 2.75) is 30.4 Å². The third-order valence-corrected chi connectivity index (χ3v) is 8.80. The van der Waals surface area contributed by atoms with Crippen LogP contribution in [0.25, 0.3) is 0 Å². The number of hydrogen-bond acceptors (Lipinski definition) is 6. The fraction of sp³-hybridized carbons (Fsp3) is 0.143. The standard InChI is InChI=1S/C35H31ClFN3O6S/c36-27-10-8-26(9-11-27)23-40(33(21-25-5-2-1-3-6-25)35(42)38-22-31-7-4-20-45-31)34(41)24-46-30-16-18-32(19-17-30)47(43,44)39-29-14-12-28(37)13-15-29/h1-20,33,39H,21-24H2,(H,38,42)/t33-/m1/s1. The number of nitrogens with one attached hydrogen (secondary N) is 2. The van der Waals surface area contributed by atoms with Crippen LogP contribution in [-0.2, 0) is 39.1 Å². The van der Waals surface area contributed by atoms with Crippen LogP contribution in [0.2, 0.25) is 5.02 Å². The molecule has 5 rings (SSSR count). The molecular formula is C35H31ClFN3O6S. The van der Waals surface area contributed by atoms with E-state index in [1.807, 2.05) is 30.3 Å². The van der Waals surface area contributed by atoms with Crippen molar-refractivity contribution in [2.24, 2.45) is 0 Å². The van der Waals surface area contributed by atoms with Crippen LogP contribution in [0.5, 0.6) is 5.75 Å². The van der Waals surface area contributed by atoms with E-state index in [0.29, 0.717) is 10.8 Å². The smallest absolute Gasteiger partial charge is 0.261 e. The number of furan rings is 1. The molecule has 0 fully saturated rings. The molecule has 12 heteroatoms. The monoisotopic (exact) mass is 675 g/mol. The van der Waals surface area contributed by atoms with Crippen molar-refractivity contribution in [1.82, 2.24) is 10.2 Å². The molecule has 5 aromatic rings. The average Bonchev–Trinajstić information content (AvgIpc) is 3.60. The summed E-state index contributed by atoms with van der Waals surface area (Å²) < 4.78 is 52.4. The number of benzene rings is 4. The zero-order chi connectivity index (χ0) is 33.2. The van der Waals surface area contributed by atoms with Gasteiger partial charge in [0.25, 0.3) is 15.9 Å². The van der Waals surface area contributed by atoms with E-state index in [0.717, 1.165) is 23.3 Å². The van der Waals surface area contributed by atoms with Crippen molar-refractivity contribution in [3.8, 4) is 5.75 Å². The Kier molecular flexibility index (Phi) is 10.9. The maximum Gasteiger partial charge on any atom is 0.261 e. The third kappa shape index (κ3) is 9.44. The quantitative estimate of drug-likeness (QED) is 0.145. The molecule has 9 nitrogen and oxygen atoms in total. The van der Waals surface area contributed by atoms with Crippen molar-refractivity contribution in [3.63, 3.8) is 0 Å². The molecule has 2 N–H and O–H groups in total. The molecule has 0 aliphatic heterocycles. The SMILES string of the molecule is O=C(NCc1ccco1)[C@@H](Cc1ccccc1)N(Cc1ccc(Cl)cc1)C(=O)COc1ccc(S(=O)(=O)Nc2ccc(F)cc2)cc1. The summed E-state index contributed by atoms with van der Waals surface area (Å²) in [5.74, 6) is -0.530. The number of sulfonamides is 1. The van der Waals surface area contributed by atoms with Gasteiger partial charge in [0.05, 0.1) is 17.7 Å². The average molecular weight is 676 g/mol. The number of carbonyl (C=O) groups is 2. The fourth-order valence-electron chi connectivity index (χ4n) is 4.72. The Bertz CT molecular complexity index is 1870. The second-order valence-corrected chi connectivity index (χ2v) is 12.6. The Labute approximate surface area is 277 Å². The molecule has 0 radical (unpaired) electrons. The van der Waals surface area contributed by atoms with Crippen molar-refractivity contribution >= 4 is 39.1 Å². The minimum Gasteiger partial charge on any atom is -0.484 e. The highest BCUT2D eigenvalue weighted by atomic mass is 35.5. The van der Waals surface area contributed by atoms with Crippen LogP contribution < -0.4 is 14.8 Å². The molecule has 1 atom stereocenters. The highest BCUT2D eigenvalue weighted by molar-refractivity contribution is 7.92. The molecule has 4 aromatic carbocycles. The number of carbonyl (C=O) groups excluding carboxylic acids is 2. The van der Waals surface area contributed by atoms with E-state index in [1.54, 1.807) is 36.4 Å². The number of amides is 2. The van der Waals surface area contributed by atoms with E-state index < -0.39 is 34.4 Å². The Hall–Kier alpha value is -5.13. The summed E-state index contributed by atoms with van der Waals surface area (Å²) >= 11 is 6.10. The van der Waals surface area contributed by atoms with Crippen molar-refractivity contribution in [2.75, 3.05) is 11.3 Å². The predicted molar refractivity (Wildman–Crippen MR) is 176 cm³/mol. The molecule has 2 amide bonds.